The first-order chi connectivity index (χ1) is 8.45. The van der Waals surface area contributed by atoms with Gasteiger partial charge in [-0.25, -0.2) is 20.0 Å². The molecule has 2 N–H and O–H groups in total. The zero-order chi connectivity index (χ0) is 14.2. The normalized spacial score (nSPS) is 13.4. The highest BCUT2D eigenvalue weighted by atomic mass is 16.6. The number of aliphatic hydroxyl groups excluding tert-OH is 1. The Bertz CT molecular complexity index is 279. The lowest BCUT2D eigenvalue weighted by molar-refractivity contribution is -0.00408. The van der Waals surface area contributed by atoms with Gasteiger partial charge in [-0.05, 0) is 27.2 Å². The predicted molar refractivity (Wildman–Crippen MR) is 64.8 cm³/mol. The highest BCUT2D eigenvalue weighted by Crippen LogP contribution is 2.18. The topological polar surface area (TPSA) is 88.1 Å². The zero-order valence-corrected chi connectivity index (χ0v) is 11.4. The molecule has 18 heavy (non-hydrogen) atoms. The van der Waals surface area contributed by atoms with Crippen LogP contribution in [0, 0.1) is 0 Å². The Labute approximate surface area is 107 Å². The molecule has 106 valence electrons. The Kier molecular flexibility index (Phi) is 7.11. The van der Waals surface area contributed by atoms with Gasteiger partial charge in [-0.15, -0.1) is 0 Å². The molecule has 0 aliphatic rings. The number of rotatable bonds is 5. The third-order valence-electron chi connectivity index (χ3n) is 2.57. The van der Waals surface area contributed by atoms with Crippen molar-refractivity contribution < 1.29 is 24.2 Å². The molecule has 0 fully saturated rings. The molecule has 0 bridgehead atoms. The average Bonchev–Trinajstić information content (AvgIpc) is 2.35. The molecule has 2 amide bonds. The minimum atomic E-state index is -0.945. The van der Waals surface area contributed by atoms with Crippen molar-refractivity contribution in [1.29, 1.82) is 0 Å². The van der Waals surface area contributed by atoms with Crippen LogP contribution in [0.1, 0.15) is 34.1 Å². The van der Waals surface area contributed by atoms with E-state index in [0.29, 0.717) is 6.42 Å². The predicted octanol–water partition coefficient (Wildman–Crippen LogP) is 1.27. The molecule has 0 aromatic rings. The van der Waals surface area contributed by atoms with Gasteiger partial charge < -0.3 is 14.6 Å². The maximum atomic E-state index is 11.8. The quantitative estimate of drug-likeness (QED) is 0.728. The van der Waals surface area contributed by atoms with Crippen LogP contribution in [0.15, 0.2) is 0 Å². The summed E-state index contributed by atoms with van der Waals surface area (Å²) >= 11 is 0. The minimum Gasteiger partial charge on any atom is -0.449 e. The summed E-state index contributed by atoms with van der Waals surface area (Å²) in [7, 11) is 0. The number of ether oxygens (including phenoxy) is 2. The molecular formula is C11H22N2O5. The molecule has 0 rings (SSSR count). The molecule has 0 unspecified atom stereocenters. The summed E-state index contributed by atoms with van der Waals surface area (Å²) in [4.78, 5) is 23.1. The summed E-state index contributed by atoms with van der Waals surface area (Å²) in [5.41, 5.74) is 1.34. The number of carbonyl (C=O) groups is 2. The van der Waals surface area contributed by atoms with Gasteiger partial charge in [0.05, 0.1) is 25.4 Å². The molecule has 0 saturated heterocycles. The summed E-state index contributed by atoms with van der Waals surface area (Å²) in [6.45, 7) is 6.78. The van der Waals surface area contributed by atoms with Gasteiger partial charge in [0.1, 0.15) is 0 Å². The smallest absolute Gasteiger partial charge is 0.429 e. The van der Waals surface area contributed by atoms with Crippen molar-refractivity contribution in [2.24, 2.45) is 0 Å². The van der Waals surface area contributed by atoms with Gasteiger partial charge in [-0.3, -0.25) is 0 Å². The molecule has 0 heterocycles. The molecule has 0 aromatic heterocycles. The number of amides is 2. The van der Waals surface area contributed by atoms with Gasteiger partial charge in [0.2, 0.25) is 0 Å². The molecule has 7 heteroatoms. The zero-order valence-electron chi connectivity index (χ0n) is 11.4. The lowest BCUT2D eigenvalue weighted by Crippen LogP contribution is -2.60. The fourth-order valence-corrected chi connectivity index (χ4v) is 1.18. The monoisotopic (exact) mass is 262 g/mol. The molecule has 0 aromatic carbocycles. The van der Waals surface area contributed by atoms with Crippen molar-refractivity contribution in [3.63, 3.8) is 0 Å². The van der Waals surface area contributed by atoms with Crippen molar-refractivity contribution in [1.82, 2.24) is 10.4 Å². The second-order valence-corrected chi connectivity index (χ2v) is 3.88. The van der Waals surface area contributed by atoms with Crippen molar-refractivity contribution in [3.05, 3.63) is 0 Å². The van der Waals surface area contributed by atoms with Crippen molar-refractivity contribution in [3.8, 4) is 0 Å². The van der Waals surface area contributed by atoms with Gasteiger partial charge in [-0.2, -0.15) is 0 Å². The van der Waals surface area contributed by atoms with Gasteiger partial charge in [-0.1, -0.05) is 6.92 Å². The highest BCUT2D eigenvalue weighted by Gasteiger charge is 2.36. The fraction of sp³-hybridized carbons (Fsp3) is 0.818. The van der Waals surface area contributed by atoms with E-state index in [1.54, 1.807) is 27.7 Å². The number of hydrogen-bond donors (Lipinski definition) is 2. The van der Waals surface area contributed by atoms with Crippen LogP contribution in [0.2, 0.25) is 0 Å². The second-order valence-electron chi connectivity index (χ2n) is 3.88. The molecule has 0 radical (unpaired) electrons. The van der Waals surface area contributed by atoms with E-state index in [1.165, 1.54) is 0 Å². The minimum absolute atomic E-state index is 0.172. The first kappa shape index (κ1) is 16.5. The van der Waals surface area contributed by atoms with Crippen LogP contribution in [-0.4, -0.2) is 47.7 Å². The second kappa shape index (κ2) is 7.75. The van der Waals surface area contributed by atoms with Crippen LogP contribution >= 0.6 is 0 Å². The molecule has 0 saturated carbocycles. The van der Waals surface area contributed by atoms with Crippen LogP contribution < -0.4 is 5.43 Å². The number of hydrogen-bond acceptors (Lipinski definition) is 5. The van der Waals surface area contributed by atoms with Crippen molar-refractivity contribution in [2.75, 3.05) is 19.8 Å². The van der Waals surface area contributed by atoms with E-state index in [9.17, 15) is 14.7 Å². The van der Waals surface area contributed by atoms with Gasteiger partial charge in [0.25, 0.3) is 0 Å². The molecule has 0 aliphatic heterocycles. The van der Waals surface area contributed by atoms with E-state index < -0.39 is 17.7 Å². The van der Waals surface area contributed by atoms with E-state index in [2.05, 4.69) is 5.43 Å². The molecule has 0 aliphatic carbocycles. The Hall–Kier alpha value is -1.50. The third kappa shape index (κ3) is 4.40. The first-order valence-electron chi connectivity index (χ1n) is 5.96. The Balaban J connectivity index is 4.92. The van der Waals surface area contributed by atoms with Crippen LogP contribution in [0.3, 0.4) is 0 Å². The lowest BCUT2D eigenvalue weighted by atomic mass is 10.00. The molecular weight excluding hydrogens is 240 g/mol. The highest BCUT2D eigenvalue weighted by molar-refractivity contribution is 5.74. The van der Waals surface area contributed by atoms with Crippen molar-refractivity contribution in [2.45, 2.75) is 39.7 Å². The number of nitrogens with one attached hydrogen (secondary N) is 1. The van der Waals surface area contributed by atoms with Gasteiger partial charge in [0, 0.05) is 0 Å². The number of aliphatic hydroxyl groups is 1. The van der Waals surface area contributed by atoms with Gasteiger partial charge >= 0.3 is 12.2 Å². The maximum absolute atomic E-state index is 11.8. The summed E-state index contributed by atoms with van der Waals surface area (Å²) < 4.78 is 9.54. The standard InChI is InChI=1S/C11H22N2O5/c1-5-11(4,8-14)13(10(16)18-7-3)12-9(15)17-6-2/h14H,5-8H2,1-4H3,(H,12,15)/t11-/m1/s1. The average molecular weight is 262 g/mol. The van der Waals surface area contributed by atoms with E-state index in [1.807, 2.05) is 0 Å². The van der Waals surface area contributed by atoms with Crippen LogP contribution in [0.4, 0.5) is 9.59 Å². The van der Waals surface area contributed by atoms with E-state index >= 15 is 0 Å². The summed E-state index contributed by atoms with van der Waals surface area (Å²) in [6, 6.07) is 0. The van der Waals surface area contributed by atoms with E-state index in [4.69, 9.17) is 9.47 Å². The summed E-state index contributed by atoms with van der Waals surface area (Å²) in [5.74, 6) is 0. The molecule has 7 nitrogen and oxygen atoms in total. The Morgan fingerprint density at radius 3 is 2.17 bits per heavy atom. The lowest BCUT2D eigenvalue weighted by Gasteiger charge is -2.37. The van der Waals surface area contributed by atoms with Crippen LogP contribution in [0.25, 0.3) is 0 Å². The summed E-state index contributed by atoms with van der Waals surface area (Å²) in [5, 5.41) is 10.3. The maximum Gasteiger partial charge on any atom is 0.429 e. The Morgan fingerprint density at radius 1 is 1.22 bits per heavy atom. The SMILES string of the molecule is CCOC(=O)NN(C(=O)OCC)[C@](C)(CC)CO. The fourth-order valence-electron chi connectivity index (χ4n) is 1.18. The summed E-state index contributed by atoms with van der Waals surface area (Å²) in [6.07, 6.45) is -1.06. The Morgan fingerprint density at radius 2 is 1.78 bits per heavy atom. The van der Waals surface area contributed by atoms with E-state index in [0.717, 1.165) is 5.01 Å². The van der Waals surface area contributed by atoms with Crippen molar-refractivity contribution >= 4 is 12.2 Å². The number of nitrogens with zero attached hydrogens (tertiary/aromatic N) is 1. The number of carbonyl (C=O) groups excluding carboxylic acids is 2. The molecule has 1 atom stereocenters. The third-order valence-corrected chi connectivity index (χ3v) is 2.57. The largest absolute Gasteiger partial charge is 0.449 e. The molecule has 0 spiro atoms. The number of hydrazine groups is 1. The van der Waals surface area contributed by atoms with Crippen LogP contribution in [0.5, 0.6) is 0 Å². The van der Waals surface area contributed by atoms with Crippen LogP contribution in [-0.2, 0) is 9.47 Å². The first-order valence-corrected chi connectivity index (χ1v) is 5.96. The van der Waals surface area contributed by atoms with E-state index in [-0.39, 0.29) is 19.8 Å². The van der Waals surface area contributed by atoms with Gasteiger partial charge in [0.15, 0.2) is 0 Å².